The third kappa shape index (κ3) is 7.43. The van der Waals surface area contributed by atoms with Crippen LogP contribution in [0.15, 0.2) is 29.3 Å². The number of methoxy groups -OCH3 is 1. The van der Waals surface area contributed by atoms with Crippen LogP contribution in [0.2, 0.25) is 0 Å². The lowest BCUT2D eigenvalue weighted by Gasteiger charge is -2.36. The van der Waals surface area contributed by atoms with Crippen LogP contribution in [0.1, 0.15) is 20.8 Å². The lowest BCUT2D eigenvalue weighted by atomic mass is 10.3. The van der Waals surface area contributed by atoms with Crippen molar-refractivity contribution in [1.29, 1.82) is 0 Å². The Kier molecular flexibility index (Phi) is 10.3. The summed E-state index contributed by atoms with van der Waals surface area (Å²) in [5.74, 6) is 2.62. The molecule has 0 bridgehead atoms. The number of piperazine rings is 1. The fourth-order valence-corrected chi connectivity index (χ4v) is 2.80. The topological polar surface area (TPSA) is 66.4 Å². The van der Waals surface area contributed by atoms with Crippen molar-refractivity contribution in [2.45, 2.75) is 26.9 Å². The standard InChI is InChI=1S/C19H30N4O3.HI/c1-5-20-19(23-12-10-22(11-13-23)16(3)24)21-14-15(2)26-18-8-6-17(25-4)7-9-18;/h6-9,15H,5,10-14H2,1-4H3,(H,20,21);1H. The number of benzene rings is 1. The first kappa shape index (κ1) is 23.3. The van der Waals surface area contributed by atoms with Gasteiger partial charge in [0.15, 0.2) is 5.96 Å². The number of rotatable bonds is 6. The SMILES string of the molecule is CCNC(=NCC(C)Oc1ccc(OC)cc1)N1CCN(C(C)=O)CC1.I. The number of carbonyl (C=O) groups is 1. The maximum Gasteiger partial charge on any atom is 0.219 e. The summed E-state index contributed by atoms with van der Waals surface area (Å²) in [6, 6.07) is 7.55. The molecule has 1 heterocycles. The summed E-state index contributed by atoms with van der Waals surface area (Å²) in [6.45, 7) is 10.1. The molecule has 1 amide bonds. The van der Waals surface area contributed by atoms with Crippen molar-refractivity contribution in [2.75, 3.05) is 46.4 Å². The Morgan fingerprint density at radius 2 is 1.70 bits per heavy atom. The normalized spacial score (nSPS) is 15.6. The highest BCUT2D eigenvalue weighted by molar-refractivity contribution is 14.0. The molecule has 0 aliphatic carbocycles. The summed E-state index contributed by atoms with van der Waals surface area (Å²) in [5.41, 5.74) is 0. The van der Waals surface area contributed by atoms with E-state index in [2.05, 4.69) is 17.1 Å². The van der Waals surface area contributed by atoms with Crippen LogP contribution in [0, 0.1) is 0 Å². The van der Waals surface area contributed by atoms with E-state index in [1.807, 2.05) is 36.1 Å². The third-order valence-electron chi connectivity index (χ3n) is 4.25. The zero-order chi connectivity index (χ0) is 18.9. The summed E-state index contributed by atoms with van der Waals surface area (Å²) in [4.78, 5) is 20.3. The van der Waals surface area contributed by atoms with Gasteiger partial charge in [-0.05, 0) is 38.1 Å². The van der Waals surface area contributed by atoms with Gasteiger partial charge in [-0.3, -0.25) is 4.79 Å². The second-order valence-electron chi connectivity index (χ2n) is 6.29. The van der Waals surface area contributed by atoms with Gasteiger partial charge in [-0.2, -0.15) is 0 Å². The molecular weight excluding hydrogens is 459 g/mol. The maximum atomic E-state index is 11.5. The zero-order valence-electron chi connectivity index (χ0n) is 16.6. The molecule has 1 aromatic rings. The molecule has 1 aromatic carbocycles. The number of nitrogens with zero attached hydrogens (tertiary/aromatic N) is 3. The molecule has 1 unspecified atom stereocenters. The first-order valence-electron chi connectivity index (χ1n) is 9.13. The lowest BCUT2D eigenvalue weighted by Crippen LogP contribution is -2.53. The maximum absolute atomic E-state index is 11.5. The van der Waals surface area contributed by atoms with Gasteiger partial charge in [-0.15, -0.1) is 24.0 Å². The van der Waals surface area contributed by atoms with Crippen LogP contribution in [0.3, 0.4) is 0 Å². The van der Waals surface area contributed by atoms with E-state index in [0.29, 0.717) is 6.54 Å². The first-order chi connectivity index (χ1) is 12.5. The van der Waals surface area contributed by atoms with Crippen molar-refractivity contribution in [2.24, 2.45) is 4.99 Å². The van der Waals surface area contributed by atoms with Crippen LogP contribution in [0.4, 0.5) is 0 Å². The third-order valence-corrected chi connectivity index (χ3v) is 4.25. The molecule has 1 saturated heterocycles. The van der Waals surface area contributed by atoms with Crippen molar-refractivity contribution in [3.8, 4) is 11.5 Å². The Bertz CT molecular complexity index is 601. The highest BCUT2D eigenvalue weighted by Crippen LogP contribution is 2.18. The molecular formula is C19H31IN4O3. The molecule has 0 spiro atoms. The Balaban J connectivity index is 0.00000364. The second kappa shape index (κ2) is 11.9. The summed E-state index contributed by atoms with van der Waals surface area (Å²) in [5, 5.41) is 3.33. The van der Waals surface area contributed by atoms with E-state index in [4.69, 9.17) is 14.5 Å². The smallest absolute Gasteiger partial charge is 0.219 e. The molecule has 1 fully saturated rings. The minimum Gasteiger partial charge on any atom is -0.497 e. The van der Waals surface area contributed by atoms with Gasteiger partial charge in [-0.25, -0.2) is 4.99 Å². The largest absolute Gasteiger partial charge is 0.497 e. The molecule has 2 rings (SSSR count). The van der Waals surface area contributed by atoms with Crippen molar-refractivity contribution in [3.05, 3.63) is 24.3 Å². The van der Waals surface area contributed by atoms with Crippen LogP contribution >= 0.6 is 24.0 Å². The summed E-state index contributed by atoms with van der Waals surface area (Å²) in [6.07, 6.45) is -0.0458. The number of carbonyl (C=O) groups excluding carboxylic acids is 1. The van der Waals surface area contributed by atoms with Gasteiger partial charge < -0.3 is 24.6 Å². The minimum atomic E-state index is -0.0458. The highest BCUT2D eigenvalue weighted by atomic mass is 127. The number of nitrogens with one attached hydrogen (secondary N) is 1. The minimum absolute atomic E-state index is 0. The van der Waals surface area contributed by atoms with E-state index < -0.39 is 0 Å². The van der Waals surface area contributed by atoms with E-state index in [-0.39, 0.29) is 36.0 Å². The molecule has 27 heavy (non-hydrogen) atoms. The van der Waals surface area contributed by atoms with Crippen molar-refractivity contribution < 1.29 is 14.3 Å². The molecule has 0 saturated carbocycles. The Hall–Kier alpha value is -1.71. The molecule has 1 N–H and O–H groups in total. The van der Waals surface area contributed by atoms with Gasteiger partial charge in [0, 0.05) is 39.6 Å². The van der Waals surface area contributed by atoms with Crippen LogP contribution < -0.4 is 14.8 Å². The van der Waals surface area contributed by atoms with E-state index >= 15 is 0 Å². The van der Waals surface area contributed by atoms with Crippen LogP contribution in [0.25, 0.3) is 0 Å². The Morgan fingerprint density at radius 3 is 2.22 bits per heavy atom. The Morgan fingerprint density at radius 1 is 1.15 bits per heavy atom. The molecule has 0 radical (unpaired) electrons. The van der Waals surface area contributed by atoms with Gasteiger partial charge in [0.05, 0.1) is 13.7 Å². The van der Waals surface area contributed by atoms with Crippen molar-refractivity contribution in [1.82, 2.24) is 15.1 Å². The monoisotopic (exact) mass is 490 g/mol. The first-order valence-corrected chi connectivity index (χ1v) is 9.13. The van der Waals surface area contributed by atoms with Crippen molar-refractivity contribution >= 4 is 35.8 Å². The molecule has 1 aliphatic rings. The average Bonchev–Trinajstić information content (AvgIpc) is 2.66. The number of ether oxygens (including phenoxy) is 2. The number of hydrogen-bond donors (Lipinski definition) is 1. The number of halogens is 1. The molecule has 8 heteroatoms. The van der Waals surface area contributed by atoms with Gasteiger partial charge in [-0.1, -0.05) is 0 Å². The van der Waals surface area contributed by atoms with E-state index in [0.717, 1.165) is 50.2 Å². The summed E-state index contributed by atoms with van der Waals surface area (Å²) >= 11 is 0. The highest BCUT2D eigenvalue weighted by Gasteiger charge is 2.21. The van der Waals surface area contributed by atoms with E-state index in [1.54, 1.807) is 14.0 Å². The fourth-order valence-electron chi connectivity index (χ4n) is 2.80. The van der Waals surface area contributed by atoms with E-state index in [1.165, 1.54) is 0 Å². The van der Waals surface area contributed by atoms with Gasteiger partial charge in [0.25, 0.3) is 0 Å². The number of guanidine groups is 1. The summed E-state index contributed by atoms with van der Waals surface area (Å²) < 4.78 is 11.1. The van der Waals surface area contributed by atoms with Crippen molar-refractivity contribution in [3.63, 3.8) is 0 Å². The van der Waals surface area contributed by atoms with Crippen LogP contribution in [-0.4, -0.2) is 74.1 Å². The van der Waals surface area contributed by atoms with Gasteiger partial charge >= 0.3 is 0 Å². The number of amides is 1. The van der Waals surface area contributed by atoms with Crippen LogP contribution in [0.5, 0.6) is 11.5 Å². The van der Waals surface area contributed by atoms with Crippen LogP contribution in [-0.2, 0) is 4.79 Å². The second-order valence-corrected chi connectivity index (χ2v) is 6.29. The van der Waals surface area contributed by atoms with Gasteiger partial charge in [0.2, 0.25) is 5.91 Å². The quantitative estimate of drug-likeness (QED) is 0.377. The molecule has 152 valence electrons. The predicted octanol–water partition coefficient (Wildman–Crippen LogP) is 2.21. The molecule has 7 nitrogen and oxygen atoms in total. The number of aliphatic imine (C=N–C) groups is 1. The van der Waals surface area contributed by atoms with Gasteiger partial charge in [0.1, 0.15) is 17.6 Å². The molecule has 1 aliphatic heterocycles. The van der Waals surface area contributed by atoms with E-state index in [9.17, 15) is 4.79 Å². The predicted molar refractivity (Wildman–Crippen MR) is 118 cm³/mol. The number of hydrogen-bond acceptors (Lipinski definition) is 4. The zero-order valence-corrected chi connectivity index (χ0v) is 18.9. The molecule has 0 aromatic heterocycles. The fraction of sp³-hybridized carbons (Fsp3) is 0.579. The average molecular weight is 490 g/mol. The lowest BCUT2D eigenvalue weighted by molar-refractivity contribution is -0.130. The summed E-state index contributed by atoms with van der Waals surface area (Å²) in [7, 11) is 1.64. The molecule has 1 atom stereocenters. The Labute approximate surface area is 179 Å².